The van der Waals surface area contributed by atoms with Crippen LogP contribution in [0.2, 0.25) is 0 Å². The zero-order valence-corrected chi connectivity index (χ0v) is 11.2. The maximum absolute atomic E-state index is 2.67. The number of piperazine rings is 1. The van der Waals surface area contributed by atoms with E-state index in [1.807, 2.05) is 0 Å². The van der Waals surface area contributed by atoms with Crippen molar-refractivity contribution in [2.75, 3.05) is 45.8 Å². The molecule has 0 amide bonds. The highest BCUT2D eigenvalue weighted by atomic mass is 15.3. The smallest absolute Gasteiger partial charge is 0.0798 e. The highest BCUT2D eigenvalue weighted by molar-refractivity contribution is 4.82. The molecule has 0 aromatic heterocycles. The molecule has 2 saturated heterocycles. The summed E-state index contributed by atoms with van der Waals surface area (Å²) in [4.78, 5) is 5.29. The summed E-state index contributed by atoms with van der Waals surface area (Å²) in [6, 6.07) is 0. The molecule has 0 aromatic rings. The van der Waals surface area contributed by atoms with Gasteiger partial charge in [-0.3, -0.25) is 4.90 Å². The van der Waals surface area contributed by atoms with Crippen LogP contribution in [-0.2, 0) is 0 Å². The van der Waals surface area contributed by atoms with Crippen LogP contribution in [0.5, 0.6) is 0 Å². The van der Waals surface area contributed by atoms with Crippen LogP contribution in [0.15, 0.2) is 0 Å². The molecule has 0 spiro atoms. The van der Waals surface area contributed by atoms with Gasteiger partial charge in [0.2, 0.25) is 0 Å². The van der Waals surface area contributed by atoms with Crippen LogP contribution in [0, 0.1) is 5.92 Å². The Morgan fingerprint density at radius 2 is 1.81 bits per heavy atom. The maximum Gasteiger partial charge on any atom is 0.0798 e. The van der Waals surface area contributed by atoms with Gasteiger partial charge in [-0.05, 0) is 20.8 Å². The Kier molecular flexibility index (Phi) is 3.88. The third kappa shape index (κ3) is 3.19. The number of nitrogens with two attached hydrogens (primary N) is 1. The number of nitrogens with zero attached hydrogens (tertiary/aromatic N) is 2. The lowest BCUT2D eigenvalue weighted by atomic mass is 10.0. The molecular formula is C13H28N3+. The summed E-state index contributed by atoms with van der Waals surface area (Å²) in [5.41, 5.74) is 0.354. The molecule has 2 heterocycles. The van der Waals surface area contributed by atoms with E-state index in [4.69, 9.17) is 0 Å². The van der Waals surface area contributed by atoms with Crippen LogP contribution in [0.1, 0.15) is 27.2 Å². The lowest BCUT2D eigenvalue weighted by molar-refractivity contribution is -0.638. The van der Waals surface area contributed by atoms with E-state index >= 15 is 0 Å². The number of hydrogen-bond acceptors (Lipinski definition) is 2. The van der Waals surface area contributed by atoms with Gasteiger partial charge in [-0.15, -0.1) is 0 Å². The highest BCUT2D eigenvalue weighted by Crippen LogP contribution is 2.16. The van der Waals surface area contributed by atoms with Gasteiger partial charge < -0.3 is 10.2 Å². The lowest BCUT2D eigenvalue weighted by Gasteiger charge is -2.42. The van der Waals surface area contributed by atoms with E-state index in [-0.39, 0.29) is 0 Å². The van der Waals surface area contributed by atoms with Gasteiger partial charge in [-0.1, -0.05) is 0 Å². The average Bonchev–Trinajstić information content (AvgIpc) is 2.70. The summed E-state index contributed by atoms with van der Waals surface area (Å²) < 4.78 is 0. The second kappa shape index (κ2) is 5.03. The summed E-state index contributed by atoms with van der Waals surface area (Å²) >= 11 is 0. The largest absolute Gasteiger partial charge is 0.346 e. The Morgan fingerprint density at radius 3 is 2.31 bits per heavy atom. The van der Waals surface area contributed by atoms with Gasteiger partial charge in [0, 0.05) is 50.6 Å². The van der Waals surface area contributed by atoms with Crippen LogP contribution in [0.3, 0.4) is 0 Å². The number of quaternary nitrogens is 1. The Labute approximate surface area is 100 Å². The van der Waals surface area contributed by atoms with E-state index in [1.165, 1.54) is 52.2 Å². The molecular weight excluding hydrogens is 198 g/mol. The Hall–Kier alpha value is -0.120. The van der Waals surface area contributed by atoms with Crippen molar-refractivity contribution in [3.8, 4) is 0 Å². The summed E-state index contributed by atoms with van der Waals surface area (Å²) in [6.07, 6.45) is 1.43. The Balaban J connectivity index is 1.72. The first-order valence-electron chi connectivity index (χ1n) is 6.85. The molecule has 3 heteroatoms. The zero-order chi connectivity index (χ0) is 11.6. The van der Waals surface area contributed by atoms with Crippen molar-refractivity contribution in [1.82, 2.24) is 9.80 Å². The van der Waals surface area contributed by atoms with E-state index in [1.54, 1.807) is 0 Å². The first-order valence-corrected chi connectivity index (χ1v) is 6.85. The fourth-order valence-electron chi connectivity index (χ4n) is 2.96. The molecule has 0 aliphatic carbocycles. The quantitative estimate of drug-likeness (QED) is 0.715. The van der Waals surface area contributed by atoms with Gasteiger partial charge in [0.15, 0.2) is 0 Å². The van der Waals surface area contributed by atoms with Crippen molar-refractivity contribution < 1.29 is 5.32 Å². The molecule has 2 N–H and O–H groups in total. The molecule has 0 saturated carbocycles. The normalized spacial score (nSPS) is 29.8. The minimum atomic E-state index is 0.354. The predicted molar refractivity (Wildman–Crippen MR) is 67.5 cm³/mol. The van der Waals surface area contributed by atoms with Crippen LogP contribution < -0.4 is 5.32 Å². The van der Waals surface area contributed by atoms with Gasteiger partial charge in [-0.2, -0.15) is 0 Å². The molecule has 94 valence electrons. The molecule has 2 aliphatic rings. The summed E-state index contributed by atoms with van der Waals surface area (Å²) in [5, 5.41) is 2.47. The van der Waals surface area contributed by atoms with Crippen LogP contribution in [0.25, 0.3) is 0 Å². The van der Waals surface area contributed by atoms with Crippen molar-refractivity contribution >= 4 is 0 Å². The van der Waals surface area contributed by atoms with Gasteiger partial charge in [0.05, 0.1) is 13.1 Å². The van der Waals surface area contributed by atoms with E-state index in [9.17, 15) is 0 Å². The molecule has 16 heavy (non-hydrogen) atoms. The number of hydrogen-bond donors (Lipinski definition) is 1. The average molecular weight is 226 g/mol. The zero-order valence-electron chi connectivity index (χ0n) is 11.2. The van der Waals surface area contributed by atoms with Gasteiger partial charge in [0.1, 0.15) is 0 Å². The standard InChI is InChI=1S/C13H27N3/c1-13(2,3)16-8-6-15(7-9-16)11-12-4-5-14-10-12/h12,14H,4-11H2,1-3H3/p+1. The SMILES string of the molecule is CC(C)(C)N1CCN(CC2CC[NH2+]C2)CC1. The van der Waals surface area contributed by atoms with Crippen LogP contribution in [-0.4, -0.2) is 61.2 Å². The first-order chi connectivity index (χ1) is 7.55. The second-order valence-corrected chi connectivity index (χ2v) is 6.43. The predicted octanol–water partition coefficient (Wildman–Crippen LogP) is -0.0142. The molecule has 2 rings (SSSR count). The topological polar surface area (TPSA) is 23.1 Å². The monoisotopic (exact) mass is 226 g/mol. The minimum Gasteiger partial charge on any atom is -0.346 e. The summed E-state index contributed by atoms with van der Waals surface area (Å²) in [5.74, 6) is 0.959. The van der Waals surface area contributed by atoms with E-state index in [0.717, 1.165) is 5.92 Å². The third-order valence-corrected chi connectivity index (χ3v) is 4.12. The molecule has 1 atom stereocenters. The van der Waals surface area contributed by atoms with E-state index < -0.39 is 0 Å². The first kappa shape index (κ1) is 12.3. The van der Waals surface area contributed by atoms with Gasteiger partial charge in [-0.25, -0.2) is 0 Å². The fourth-order valence-corrected chi connectivity index (χ4v) is 2.96. The molecule has 0 bridgehead atoms. The van der Waals surface area contributed by atoms with E-state index in [0.29, 0.717) is 5.54 Å². The van der Waals surface area contributed by atoms with Crippen LogP contribution >= 0.6 is 0 Å². The molecule has 1 unspecified atom stereocenters. The molecule has 2 aliphatic heterocycles. The lowest BCUT2D eigenvalue weighted by Crippen LogP contribution is -2.81. The molecule has 3 nitrogen and oxygen atoms in total. The Morgan fingerprint density at radius 1 is 1.12 bits per heavy atom. The van der Waals surface area contributed by atoms with E-state index in [2.05, 4.69) is 35.9 Å². The third-order valence-electron chi connectivity index (χ3n) is 4.12. The van der Waals surface area contributed by atoms with Gasteiger partial charge in [0.25, 0.3) is 0 Å². The van der Waals surface area contributed by atoms with Gasteiger partial charge >= 0.3 is 0 Å². The minimum absolute atomic E-state index is 0.354. The Bertz CT molecular complexity index is 208. The van der Waals surface area contributed by atoms with Crippen molar-refractivity contribution in [3.63, 3.8) is 0 Å². The van der Waals surface area contributed by atoms with Crippen molar-refractivity contribution in [3.05, 3.63) is 0 Å². The molecule has 0 aromatic carbocycles. The summed E-state index contributed by atoms with van der Waals surface area (Å²) in [6.45, 7) is 16.1. The number of rotatable bonds is 2. The van der Waals surface area contributed by atoms with Crippen molar-refractivity contribution in [2.45, 2.75) is 32.7 Å². The van der Waals surface area contributed by atoms with Crippen molar-refractivity contribution in [1.29, 1.82) is 0 Å². The maximum atomic E-state index is 2.67. The summed E-state index contributed by atoms with van der Waals surface area (Å²) in [7, 11) is 0. The second-order valence-electron chi connectivity index (χ2n) is 6.43. The highest BCUT2D eigenvalue weighted by Gasteiger charge is 2.28. The van der Waals surface area contributed by atoms with Crippen LogP contribution in [0.4, 0.5) is 0 Å². The molecule has 0 radical (unpaired) electrons. The molecule has 2 fully saturated rings. The fraction of sp³-hybridized carbons (Fsp3) is 1.00. The van der Waals surface area contributed by atoms with Crippen molar-refractivity contribution in [2.24, 2.45) is 5.92 Å².